The number of carbonyl (C=O) groups is 1. The summed E-state index contributed by atoms with van der Waals surface area (Å²) >= 11 is 0. The molecule has 0 N–H and O–H groups in total. The van der Waals surface area contributed by atoms with E-state index in [1.165, 1.54) is 6.07 Å². The lowest BCUT2D eigenvalue weighted by Gasteiger charge is -2.22. The number of rotatable bonds is 11. The minimum atomic E-state index is -4.76. The molecule has 0 saturated heterocycles. The summed E-state index contributed by atoms with van der Waals surface area (Å²) < 4.78 is 54.5. The summed E-state index contributed by atoms with van der Waals surface area (Å²) in [7, 11) is 0. The third-order valence-corrected chi connectivity index (χ3v) is 5.62. The first-order valence-corrected chi connectivity index (χ1v) is 11.4. The number of carbonyl (C=O) groups excluding carboxylic acids is 1. The number of fused-ring (bicyclic) bond motifs is 1. The highest BCUT2D eigenvalue weighted by Gasteiger charge is 2.33. The van der Waals surface area contributed by atoms with Crippen molar-refractivity contribution in [2.24, 2.45) is 0 Å². The summed E-state index contributed by atoms with van der Waals surface area (Å²) in [5.41, 5.74) is 4.00. The molecule has 1 aliphatic rings. The first-order valence-electron chi connectivity index (χ1n) is 11.4. The summed E-state index contributed by atoms with van der Waals surface area (Å²) in [5.74, 6) is 0.108. The molecule has 0 fully saturated rings. The topological polar surface area (TPSA) is 44.8 Å². The monoisotopic (exact) mass is 474 g/mol. The number of aryl methyl sites for hydroxylation is 2. The molecule has 0 unspecified atom stereocenters. The second-order valence-electron chi connectivity index (χ2n) is 8.01. The Morgan fingerprint density at radius 2 is 1.85 bits per heavy atom. The van der Waals surface area contributed by atoms with Crippen molar-refractivity contribution < 1.29 is 32.2 Å². The van der Waals surface area contributed by atoms with Gasteiger partial charge < -0.3 is 14.2 Å². The molecule has 34 heavy (non-hydrogen) atoms. The second kappa shape index (κ2) is 11.8. The molecule has 0 saturated carbocycles. The number of ether oxygens (including phenoxy) is 3. The SMILES string of the molecule is C=CC(=O)OCCCCCOc1cccc2c1C=C(c1ccc(CC)cc1OC(F)(F)F)CC2. The number of benzene rings is 2. The Morgan fingerprint density at radius 1 is 1.06 bits per heavy atom. The lowest BCUT2D eigenvalue weighted by atomic mass is 9.87. The molecule has 3 rings (SSSR count). The highest BCUT2D eigenvalue weighted by Crippen LogP contribution is 2.40. The van der Waals surface area contributed by atoms with E-state index in [0.29, 0.717) is 43.8 Å². The number of unbranched alkanes of at least 4 members (excludes halogenated alkanes) is 2. The van der Waals surface area contributed by atoms with Crippen LogP contribution < -0.4 is 9.47 Å². The molecule has 7 heteroatoms. The molecule has 0 radical (unpaired) electrons. The van der Waals surface area contributed by atoms with Crippen LogP contribution in [0.2, 0.25) is 0 Å². The molecule has 2 aromatic rings. The van der Waals surface area contributed by atoms with E-state index in [-0.39, 0.29) is 5.75 Å². The molecule has 4 nitrogen and oxygen atoms in total. The number of hydrogen-bond donors (Lipinski definition) is 0. The van der Waals surface area contributed by atoms with Gasteiger partial charge in [0.05, 0.1) is 13.2 Å². The molecule has 0 bridgehead atoms. The largest absolute Gasteiger partial charge is 0.573 e. The van der Waals surface area contributed by atoms with Crippen LogP contribution >= 0.6 is 0 Å². The Balaban J connectivity index is 1.72. The first-order chi connectivity index (χ1) is 16.3. The Kier molecular flexibility index (Phi) is 8.79. The summed E-state index contributed by atoms with van der Waals surface area (Å²) in [5, 5.41) is 0. The number of alkyl halides is 3. The fraction of sp³-hybridized carbons (Fsp3) is 0.370. The maximum Gasteiger partial charge on any atom is 0.573 e. The van der Waals surface area contributed by atoms with E-state index >= 15 is 0 Å². The molecular formula is C27H29F3O4. The standard InChI is InChI=1S/C27H29F3O4/c1-3-19-11-14-22(25(17-19)34-27(28,29)30)21-13-12-20-9-8-10-24(23(20)18-21)32-15-6-5-7-16-33-26(31)4-2/h4,8-11,14,17-18H,2-3,5-7,12-13,15-16H2,1H3. The van der Waals surface area contributed by atoms with Crippen LogP contribution in [0.15, 0.2) is 49.1 Å². The van der Waals surface area contributed by atoms with Gasteiger partial charge in [0, 0.05) is 17.2 Å². The van der Waals surface area contributed by atoms with Crippen molar-refractivity contribution in [3.8, 4) is 11.5 Å². The van der Waals surface area contributed by atoms with Crippen molar-refractivity contribution in [2.75, 3.05) is 13.2 Å². The number of allylic oxidation sites excluding steroid dienone is 1. The van der Waals surface area contributed by atoms with E-state index in [4.69, 9.17) is 9.47 Å². The second-order valence-corrected chi connectivity index (χ2v) is 8.01. The zero-order valence-corrected chi connectivity index (χ0v) is 19.2. The lowest BCUT2D eigenvalue weighted by Crippen LogP contribution is -2.18. The van der Waals surface area contributed by atoms with Gasteiger partial charge in [0.1, 0.15) is 11.5 Å². The first kappa shape index (κ1) is 25.4. The van der Waals surface area contributed by atoms with Gasteiger partial charge in [-0.2, -0.15) is 0 Å². The summed E-state index contributed by atoms with van der Waals surface area (Å²) in [6, 6.07) is 10.8. The van der Waals surface area contributed by atoms with Crippen molar-refractivity contribution in [2.45, 2.75) is 51.8 Å². The minimum absolute atomic E-state index is 0.169. The van der Waals surface area contributed by atoms with E-state index in [9.17, 15) is 18.0 Å². The molecule has 1 aliphatic carbocycles. The van der Waals surface area contributed by atoms with Gasteiger partial charge in [-0.3, -0.25) is 0 Å². The van der Waals surface area contributed by atoms with Crippen LogP contribution in [-0.4, -0.2) is 25.5 Å². The van der Waals surface area contributed by atoms with Gasteiger partial charge in [-0.05, 0) is 73.4 Å². The maximum atomic E-state index is 13.0. The van der Waals surface area contributed by atoms with Gasteiger partial charge in [-0.15, -0.1) is 13.2 Å². The summed E-state index contributed by atoms with van der Waals surface area (Å²) in [6.07, 6.45) is 2.57. The van der Waals surface area contributed by atoms with Crippen LogP contribution in [0.5, 0.6) is 11.5 Å². The van der Waals surface area contributed by atoms with Crippen LogP contribution in [-0.2, 0) is 22.4 Å². The molecule has 0 spiro atoms. The van der Waals surface area contributed by atoms with Crippen LogP contribution in [0.3, 0.4) is 0 Å². The van der Waals surface area contributed by atoms with Gasteiger partial charge in [-0.25, -0.2) is 4.79 Å². The predicted octanol–water partition coefficient (Wildman–Crippen LogP) is 6.91. The molecular weight excluding hydrogens is 445 g/mol. The van der Waals surface area contributed by atoms with Crippen molar-refractivity contribution in [3.63, 3.8) is 0 Å². The van der Waals surface area contributed by atoms with Gasteiger partial charge in [0.2, 0.25) is 0 Å². The van der Waals surface area contributed by atoms with Crippen molar-refractivity contribution in [1.82, 2.24) is 0 Å². The van der Waals surface area contributed by atoms with E-state index in [1.54, 1.807) is 6.07 Å². The Labute approximate surface area is 198 Å². The van der Waals surface area contributed by atoms with Crippen molar-refractivity contribution in [3.05, 3.63) is 71.3 Å². The maximum absolute atomic E-state index is 13.0. The lowest BCUT2D eigenvalue weighted by molar-refractivity contribution is -0.274. The van der Waals surface area contributed by atoms with Gasteiger partial charge in [0.15, 0.2) is 0 Å². The summed E-state index contributed by atoms with van der Waals surface area (Å²) in [6.45, 7) is 6.08. The average Bonchev–Trinajstić information content (AvgIpc) is 2.82. The minimum Gasteiger partial charge on any atom is -0.493 e. The molecule has 0 amide bonds. The molecule has 0 aliphatic heterocycles. The van der Waals surface area contributed by atoms with E-state index < -0.39 is 12.3 Å². The zero-order chi connectivity index (χ0) is 24.6. The van der Waals surface area contributed by atoms with Crippen LogP contribution in [0.4, 0.5) is 13.2 Å². The van der Waals surface area contributed by atoms with E-state index in [2.05, 4.69) is 11.3 Å². The van der Waals surface area contributed by atoms with E-state index in [0.717, 1.165) is 47.6 Å². The molecule has 0 aromatic heterocycles. The fourth-order valence-corrected chi connectivity index (χ4v) is 3.88. The number of esters is 1. The predicted molar refractivity (Wildman–Crippen MR) is 126 cm³/mol. The number of hydrogen-bond acceptors (Lipinski definition) is 4. The van der Waals surface area contributed by atoms with E-state index in [1.807, 2.05) is 37.3 Å². The normalized spacial score (nSPS) is 13.0. The highest BCUT2D eigenvalue weighted by atomic mass is 19.4. The third kappa shape index (κ3) is 7.14. The third-order valence-electron chi connectivity index (χ3n) is 5.62. The molecule has 0 atom stereocenters. The molecule has 0 heterocycles. The Morgan fingerprint density at radius 3 is 2.59 bits per heavy atom. The van der Waals surface area contributed by atoms with Gasteiger partial charge in [-0.1, -0.05) is 37.8 Å². The molecule has 182 valence electrons. The van der Waals surface area contributed by atoms with Gasteiger partial charge in [0.25, 0.3) is 0 Å². The summed E-state index contributed by atoms with van der Waals surface area (Å²) in [4.78, 5) is 11.0. The zero-order valence-electron chi connectivity index (χ0n) is 19.2. The van der Waals surface area contributed by atoms with Crippen molar-refractivity contribution >= 4 is 17.6 Å². The van der Waals surface area contributed by atoms with Crippen LogP contribution in [0.1, 0.15) is 54.9 Å². The average molecular weight is 475 g/mol. The van der Waals surface area contributed by atoms with Crippen LogP contribution in [0, 0.1) is 0 Å². The smallest absolute Gasteiger partial charge is 0.493 e. The highest BCUT2D eigenvalue weighted by molar-refractivity contribution is 5.88. The Hall–Kier alpha value is -3.22. The van der Waals surface area contributed by atoms with Crippen molar-refractivity contribution in [1.29, 1.82) is 0 Å². The Bertz CT molecular complexity index is 1040. The molecule has 2 aromatic carbocycles. The van der Waals surface area contributed by atoms with Crippen LogP contribution in [0.25, 0.3) is 11.6 Å². The number of halogens is 3. The van der Waals surface area contributed by atoms with Gasteiger partial charge >= 0.3 is 12.3 Å². The quantitative estimate of drug-likeness (QED) is 0.202. The fourth-order valence-electron chi connectivity index (χ4n) is 3.88.